The summed E-state index contributed by atoms with van der Waals surface area (Å²) in [6.45, 7) is 2.79. The first-order valence-electron chi connectivity index (χ1n) is 6.42. The Morgan fingerprint density at radius 2 is 2.15 bits per heavy atom. The molecule has 0 aromatic carbocycles. The number of hydrogen-bond donors (Lipinski definition) is 2. The fraction of sp³-hybridized carbons (Fsp3) is 0.667. The van der Waals surface area contributed by atoms with Gasteiger partial charge in [0.25, 0.3) is 0 Å². The Kier molecular flexibility index (Phi) is 5.61. The third-order valence-corrected chi connectivity index (χ3v) is 7.08. The van der Waals surface area contributed by atoms with Gasteiger partial charge in [-0.2, -0.15) is 0 Å². The van der Waals surface area contributed by atoms with Crippen molar-refractivity contribution in [3.63, 3.8) is 0 Å². The van der Waals surface area contributed by atoms with Crippen molar-refractivity contribution in [1.29, 1.82) is 0 Å². The summed E-state index contributed by atoms with van der Waals surface area (Å²) in [5.41, 5.74) is -0.110. The molecule has 0 saturated carbocycles. The van der Waals surface area contributed by atoms with Gasteiger partial charge in [-0.15, -0.1) is 11.3 Å². The largest absolute Gasteiger partial charge is 0.384 e. The van der Waals surface area contributed by atoms with Crippen molar-refractivity contribution in [2.45, 2.75) is 17.1 Å². The van der Waals surface area contributed by atoms with E-state index in [1.165, 1.54) is 11.3 Å². The maximum Gasteiger partial charge on any atom is 0.250 e. The van der Waals surface area contributed by atoms with Gasteiger partial charge in [0, 0.05) is 19.1 Å². The molecule has 20 heavy (non-hydrogen) atoms. The Balaban J connectivity index is 2.05. The maximum absolute atomic E-state index is 12.3. The van der Waals surface area contributed by atoms with Crippen LogP contribution in [0.4, 0.5) is 0 Å². The Labute approximate surface area is 132 Å². The zero-order chi connectivity index (χ0) is 14.6. The van der Waals surface area contributed by atoms with Gasteiger partial charge in [-0.05, 0) is 54.0 Å². The quantitative estimate of drug-likeness (QED) is 0.786. The van der Waals surface area contributed by atoms with Gasteiger partial charge in [-0.3, -0.25) is 0 Å². The predicted octanol–water partition coefficient (Wildman–Crippen LogP) is 1.81. The SMILES string of the molecule is COCC1(CNS(=O)(=O)c2ccc(Br)s2)CCNCC1. The van der Waals surface area contributed by atoms with E-state index in [0.717, 1.165) is 29.7 Å². The summed E-state index contributed by atoms with van der Waals surface area (Å²) in [5.74, 6) is 0. The second-order valence-corrected chi connectivity index (χ2v) is 9.52. The molecule has 5 nitrogen and oxygen atoms in total. The van der Waals surface area contributed by atoms with Crippen LogP contribution >= 0.6 is 27.3 Å². The van der Waals surface area contributed by atoms with Crippen molar-refractivity contribution in [3.8, 4) is 0 Å². The van der Waals surface area contributed by atoms with Crippen molar-refractivity contribution >= 4 is 37.3 Å². The Hall–Kier alpha value is 0.01000. The smallest absolute Gasteiger partial charge is 0.250 e. The van der Waals surface area contributed by atoms with Crippen LogP contribution in [-0.4, -0.2) is 41.8 Å². The number of thiophene rings is 1. The van der Waals surface area contributed by atoms with Gasteiger partial charge < -0.3 is 10.1 Å². The molecule has 0 spiro atoms. The molecule has 8 heteroatoms. The molecule has 0 atom stereocenters. The molecule has 1 aliphatic heterocycles. The van der Waals surface area contributed by atoms with Crippen molar-refractivity contribution in [2.24, 2.45) is 5.41 Å². The number of methoxy groups -OCH3 is 1. The van der Waals surface area contributed by atoms with Gasteiger partial charge in [-0.1, -0.05) is 0 Å². The molecule has 1 aromatic rings. The highest BCUT2D eigenvalue weighted by Gasteiger charge is 2.33. The van der Waals surface area contributed by atoms with Gasteiger partial charge in [0.05, 0.1) is 10.4 Å². The van der Waals surface area contributed by atoms with Gasteiger partial charge in [0.1, 0.15) is 4.21 Å². The molecule has 0 aliphatic carbocycles. The molecule has 1 saturated heterocycles. The number of hydrogen-bond acceptors (Lipinski definition) is 5. The molecule has 0 bridgehead atoms. The first-order chi connectivity index (χ1) is 9.47. The predicted molar refractivity (Wildman–Crippen MR) is 83.6 cm³/mol. The molecule has 0 unspecified atom stereocenters. The summed E-state index contributed by atoms with van der Waals surface area (Å²) in [6.07, 6.45) is 1.83. The number of halogens is 1. The Bertz CT molecular complexity index is 533. The van der Waals surface area contributed by atoms with Crippen LogP contribution in [-0.2, 0) is 14.8 Å². The molecule has 2 heterocycles. The zero-order valence-corrected chi connectivity index (χ0v) is 14.5. The van der Waals surface area contributed by atoms with Crippen LogP contribution < -0.4 is 10.0 Å². The number of piperidine rings is 1. The lowest BCUT2D eigenvalue weighted by Crippen LogP contribution is -2.47. The van der Waals surface area contributed by atoms with Gasteiger partial charge in [0.2, 0.25) is 10.0 Å². The van der Waals surface area contributed by atoms with E-state index < -0.39 is 10.0 Å². The van der Waals surface area contributed by atoms with E-state index in [9.17, 15) is 8.42 Å². The maximum atomic E-state index is 12.3. The molecular formula is C12H19BrN2O3S2. The summed E-state index contributed by atoms with van der Waals surface area (Å²) in [6, 6.07) is 3.36. The minimum absolute atomic E-state index is 0.110. The Morgan fingerprint density at radius 3 is 2.70 bits per heavy atom. The van der Waals surface area contributed by atoms with Crippen LogP contribution in [0.5, 0.6) is 0 Å². The van der Waals surface area contributed by atoms with Crippen molar-refractivity contribution in [3.05, 3.63) is 15.9 Å². The van der Waals surface area contributed by atoms with Crippen molar-refractivity contribution < 1.29 is 13.2 Å². The van der Waals surface area contributed by atoms with E-state index in [-0.39, 0.29) is 5.41 Å². The van der Waals surface area contributed by atoms with Crippen LogP contribution in [0, 0.1) is 5.41 Å². The topological polar surface area (TPSA) is 67.4 Å². The molecule has 2 rings (SSSR count). The normalized spacial score (nSPS) is 19.1. The molecule has 1 fully saturated rings. The average Bonchev–Trinajstić information content (AvgIpc) is 2.86. The van der Waals surface area contributed by atoms with Crippen LogP contribution in [0.15, 0.2) is 20.1 Å². The second kappa shape index (κ2) is 6.85. The molecular weight excluding hydrogens is 364 g/mol. The van der Waals surface area contributed by atoms with E-state index in [4.69, 9.17) is 4.74 Å². The van der Waals surface area contributed by atoms with E-state index in [1.807, 2.05) is 0 Å². The van der Waals surface area contributed by atoms with Gasteiger partial charge >= 0.3 is 0 Å². The average molecular weight is 383 g/mol. The van der Waals surface area contributed by atoms with E-state index in [1.54, 1.807) is 19.2 Å². The first-order valence-corrected chi connectivity index (χ1v) is 9.51. The second-order valence-electron chi connectivity index (χ2n) is 5.07. The van der Waals surface area contributed by atoms with E-state index in [0.29, 0.717) is 17.4 Å². The van der Waals surface area contributed by atoms with E-state index >= 15 is 0 Å². The fourth-order valence-corrected chi connectivity index (χ4v) is 5.61. The summed E-state index contributed by atoms with van der Waals surface area (Å²) >= 11 is 4.50. The minimum Gasteiger partial charge on any atom is -0.384 e. The standard InChI is InChI=1S/C12H19BrN2O3S2/c1-18-9-12(4-6-14-7-5-12)8-15-20(16,17)11-3-2-10(13)19-11/h2-3,14-15H,4-9H2,1H3. The molecule has 1 aromatic heterocycles. The highest BCUT2D eigenvalue weighted by atomic mass is 79.9. The van der Waals surface area contributed by atoms with E-state index in [2.05, 4.69) is 26.0 Å². The van der Waals surface area contributed by atoms with Crippen LogP contribution in [0.1, 0.15) is 12.8 Å². The number of sulfonamides is 1. The molecule has 0 radical (unpaired) electrons. The van der Waals surface area contributed by atoms with Crippen LogP contribution in [0.2, 0.25) is 0 Å². The Morgan fingerprint density at radius 1 is 1.45 bits per heavy atom. The van der Waals surface area contributed by atoms with Crippen molar-refractivity contribution in [1.82, 2.24) is 10.0 Å². The molecule has 1 aliphatic rings. The number of nitrogens with one attached hydrogen (secondary N) is 2. The minimum atomic E-state index is -3.43. The summed E-state index contributed by atoms with van der Waals surface area (Å²) in [7, 11) is -1.77. The van der Waals surface area contributed by atoms with Gasteiger partial charge in [0.15, 0.2) is 0 Å². The first kappa shape index (κ1) is 16.4. The van der Waals surface area contributed by atoms with Gasteiger partial charge in [-0.25, -0.2) is 13.1 Å². The lowest BCUT2D eigenvalue weighted by atomic mass is 9.80. The fourth-order valence-electron chi connectivity index (χ4n) is 2.40. The number of ether oxygens (including phenoxy) is 1. The van der Waals surface area contributed by atoms with Crippen LogP contribution in [0.25, 0.3) is 0 Å². The van der Waals surface area contributed by atoms with Crippen molar-refractivity contribution in [2.75, 3.05) is 33.4 Å². The molecule has 0 amide bonds. The van der Waals surface area contributed by atoms with Crippen LogP contribution in [0.3, 0.4) is 0 Å². The number of rotatable bonds is 6. The monoisotopic (exact) mass is 382 g/mol. The highest BCUT2D eigenvalue weighted by molar-refractivity contribution is 9.11. The lowest BCUT2D eigenvalue weighted by Gasteiger charge is -2.37. The summed E-state index contributed by atoms with van der Waals surface area (Å²) < 4.78 is 33.7. The highest BCUT2D eigenvalue weighted by Crippen LogP contribution is 2.30. The summed E-state index contributed by atoms with van der Waals surface area (Å²) in [5, 5.41) is 3.29. The molecule has 2 N–H and O–H groups in total. The molecule has 114 valence electrons. The summed E-state index contributed by atoms with van der Waals surface area (Å²) in [4.78, 5) is 0. The zero-order valence-electron chi connectivity index (χ0n) is 11.3. The lowest BCUT2D eigenvalue weighted by molar-refractivity contribution is 0.0577. The third-order valence-electron chi connectivity index (χ3n) is 3.57. The third kappa shape index (κ3) is 4.02.